The molecule has 0 fully saturated rings. The maximum atomic E-state index is 13.2. The van der Waals surface area contributed by atoms with Gasteiger partial charge in [0.15, 0.2) is 0 Å². The van der Waals surface area contributed by atoms with Crippen molar-refractivity contribution in [2.24, 2.45) is 0 Å². The summed E-state index contributed by atoms with van der Waals surface area (Å²) in [5, 5.41) is 8.34. The van der Waals surface area contributed by atoms with Crippen LogP contribution < -0.4 is 0 Å². The van der Waals surface area contributed by atoms with Gasteiger partial charge in [0.05, 0.1) is 0 Å². The highest BCUT2D eigenvalue weighted by Gasteiger charge is 2.07. The summed E-state index contributed by atoms with van der Waals surface area (Å²) in [6.07, 6.45) is 2.24. The summed E-state index contributed by atoms with van der Waals surface area (Å²) in [4.78, 5) is 10.2. The van der Waals surface area contributed by atoms with Gasteiger partial charge in [0.2, 0.25) is 0 Å². The summed E-state index contributed by atoms with van der Waals surface area (Å²) >= 11 is 0. The van der Waals surface area contributed by atoms with Crippen molar-refractivity contribution in [1.82, 2.24) is 0 Å². The summed E-state index contributed by atoms with van der Waals surface area (Å²) in [5.41, 5.74) is 0.215. The van der Waals surface area contributed by atoms with Gasteiger partial charge in [0.25, 0.3) is 0 Å². The van der Waals surface area contributed by atoms with Crippen molar-refractivity contribution in [2.45, 2.75) is 13.3 Å². The van der Waals surface area contributed by atoms with Crippen molar-refractivity contribution in [3.8, 4) is 0 Å². The van der Waals surface area contributed by atoms with Crippen LogP contribution in [0, 0.1) is 11.6 Å². The lowest BCUT2D eigenvalue weighted by Crippen LogP contribution is -1.95. The zero-order chi connectivity index (χ0) is 11.4. The van der Waals surface area contributed by atoms with Gasteiger partial charge in [-0.3, -0.25) is 0 Å². The van der Waals surface area contributed by atoms with E-state index in [0.29, 0.717) is 0 Å². The molecular weight excluding hydrogens is 202 g/mol. The van der Waals surface area contributed by atoms with Gasteiger partial charge >= 0.3 is 5.97 Å². The number of benzene rings is 1. The number of carboxylic acids is 1. The standard InChI is InChI=1S/C11H10F2O2/c1-2-8-9(12)5-7(6-10(8)13)3-4-11(14)15/h3-6H,2H2,1H3,(H,14,15)/b4-3+. The average Bonchev–Trinajstić information content (AvgIpc) is 2.14. The van der Waals surface area contributed by atoms with Gasteiger partial charge < -0.3 is 5.11 Å². The normalized spacial score (nSPS) is 10.9. The first kappa shape index (κ1) is 11.4. The van der Waals surface area contributed by atoms with E-state index in [1.165, 1.54) is 0 Å². The van der Waals surface area contributed by atoms with Crippen LogP contribution in [-0.2, 0) is 11.2 Å². The molecule has 0 spiro atoms. The van der Waals surface area contributed by atoms with Gasteiger partial charge in [-0.1, -0.05) is 6.92 Å². The lowest BCUT2D eigenvalue weighted by atomic mass is 10.1. The molecule has 0 aliphatic rings. The monoisotopic (exact) mass is 212 g/mol. The Morgan fingerprint density at radius 2 is 1.93 bits per heavy atom. The molecule has 0 aliphatic heterocycles. The molecule has 4 heteroatoms. The number of hydrogen-bond acceptors (Lipinski definition) is 1. The highest BCUT2D eigenvalue weighted by Crippen LogP contribution is 2.16. The maximum Gasteiger partial charge on any atom is 0.328 e. The van der Waals surface area contributed by atoms with E-state index in [2.05, 4.69) is 0 Å². The zero-order valence-corrected chi connectivity index (χ0v) is 8.13. The molecule has 2 nitrogen and oxygen atoms in total. The molecule has 0 aliphatic carbocycles. The van der Waals surface area contributed by atoms with E-state index < -0.39 is 17.6 Å². The molecular formula is C11H10F2O2. The Morgan fingerprint density at radius 3 is 2.33 bits per heavy atom. The molecule has 0 saturated heterocycles. The van der Waals surface area contributed by atoms with Crippen LogP contribution in [-0.4, -0.2) is 11.1 Å². The summed E-state index contributed by atoms with van der Waals surface area (Å²) < 4.78 is 26.4. The third kappa shape index (κ3) is 2.87. The highest BCUT2D eigenvalue weighted by atomic mass is 19.1. The molecule has 0 bridgehead atoms. The minimum atomic E-state index is -1.16. The maximum absolute atomic E-state index is 13.2. The van der Waals surface area contributed by atoms with Crippen LogP contribution in [0.15, 0.2) is 18.2 Å². The van der Waals surface area contributed by atoms with E-state index in [1.54, 1.807) is 6.92 Å². The van der Waals surface area contributed by atoms with Gasteiger partial charge in [0.1, 0.15) is 11.6 Å². The molecule has 0 radical (unpaired) electrons. The minimum absolute atomic E-state index is 0.0162. The Bertz CT molecular complexity index is 388. The van der Waals surface area contributed by atoms with Crippen LogP contribution in [0.2, 0.25) is 0 Å². The summed E-state index contributed by atoms with van der Waals surface area (Å²) in [6, 6.07) is 2.22. The fraction of sp³-hybridized carbons (Fsp3) is 0.182. The third-order valence-electron chi connectivity index (χ3n) is 1.94. The van der Waals surface area contributed by atoms with Crippen molar-refractivity contribution in [3.05, 3.63) is 41.0 Å². The van der Waals surface area contributed by atoms with Gasteiger partial charge in [0, 0.05) is 11.6 Å². The van der Waals surface area contributed by atoms with E-state index in [4.69, 9.17) is 5.11 Å². The number of halogens is 2. The average molecular weight is 212 g/mol. The predicted molar refractivity (Wildman–Crippen MR) is 52.4 cm³/mol. The van der Waals surface area contributed by atoms with Gasteiger partial charge in [-0.15, -0.1) is 0 Å². The van der Waals surface area contributed by atoms with E-state index in [9.17, 15) is 13.6 Å². The molecule has 0 atom stereocenters. The molecule has 80 valence electrons. The molecule has 0 unspecified atom stereocenters. The SMILES string of the molecule is CCc1c(F)cc(/C=C/C(=O)O)cc1F. The lowest BCUT2D eigenvalue weighted by Gasteiger charge is -2.02. The van der Waals surface area contributed by atoms with Crippen molar-refractivity contribution in [3.63, 3.8) is 0 Å². The van der Waals surface area contributed by atoms with Crippen LogP contribution in [0.1, 0.15) is 18.1 Å². The van der Waals surface area contributed by atoms with Crippen molar-refractivity contribution < 1.29 is 18.7 Å². The lowest BCUT2D eigenvalue weighted by molar-refractivity contribution is -0.131. The number of carbonyl (C=O) groups is 1. The molecule has 1 aromatic carbocycles. The quantitative estimate of drug-likeness (QED) is 0.782. The van der Waals surface area contributed by atoms with E-state index in [1.807, 2.05) is 0 Å². The smallest absolute Gasteiger partial charge is 0.328 e. The van der Waals surface area contributed by atoms with Crippen LogP contribution in [0.5, 0.6) is 0 Å². The molecule has 1 rings (SSSR count). The van der Waals surface area contributed by atoms with Crippen LogP contribution in [0.3, 0.4) is 0 Å². The summed E-state index contributed by atoms with van der Waals surface area (Å²) in [6.45, 7) is 1.65. The number of rotatable bonds is 3. The number of hydrogen-bond donors (Lipinski definition) is 1. The molecule has 0 heterocycles. The Morgan fingerprint density at radius 1 is 1.40 bits per heavy atom. The minimum Gasteiger partial charge on any atom is -0.478 e. The highest BCUT2D eigenvalue weighted by molar-refractivity contribution is 5.85. The Hall–Kier alpha value is -1.71. The predicted octanol–water partition coefficient (Wildman–Crippen LogP) is 2.63. The largest absolute Gasteiger partial charge is 0.478 e. The second kappa shape index (κ2) is 4.68. The van der Waals surface area contributed by atoms with Crippen LogP contribution >= 0.6 is 0 Å². The first-order valence-corrected chi connectivity index (χ1v) is 4.43. The summed E-state index contributed by atoms with van der Waals surface area (Å²) in [5.74, 6) is -2.46. The second-order valence-corrected chi connectivity index (χ2v) is 2.99. The van der Waals surface area contributed by atoms with E-state index >= 15 is 0 Å². The van der Waals surface area contributed by atoms with E-state index in [-0.39, 0.29) is 17.5 Å². The van der Waals surface area contributed by atoms with Crippen LogP contribution in [0.4, 0.5) is 8.78 Å². The van der Waals surface area contributed by atoms with Crippen molar-refractivity contribution >= 4 is 12.0 Å². The van der Waals surface area contributed by atoms with Gasteiger partial charge in [-0.05, 0) is 30.2 Å². The van der Waals surface area contributed by atoms with Gasteiger partial charge in [-0.2, -0.15) is 0 Å². The first-order chi connectivity index (χ1) is 7.04. The Balaban J connectivity index is 3.09. The molecule has 0 saturated carbocycles. The summed E-state index contributed by atoms with van der Waals surface area (Å²) in [7, 11) is 0. The Kier molecular flexibility index (Phi) is 3.55. The fourth-order valence-corrected chi connectivity index (χ4v) is 1.22. The van der Waals surface area contributed by atoms with E-state index in [0.717, 1.165) is 24.3 Å². The van der Waals surface area contributed by atoms with Crippen molar-refractivity contribution in [2.75, 3.05) is 0 Å². The second-order valence-electron chi connectivity index (χ2n) is 2.99. The molecule has 1 N–H and O–H groups in total. The molecule has 0 aromatic heterocycles. The molecule has 1 aromatic rings. The topological polar surface area (TPSA) is 37.3 Å². The Labute approximate surface area is 85.9 Å². The fourth-order valence-electron chi connectivity index (χ4n) is 1.22. The molecule has 0 amide bonds. The third-order valence-corrected chi connectivity index (χ3v) is 1.94. The number of carboxylic acid groups (broad SMARTS) is 1. The molecule has 15 heavy (non-hydrogen) atoms. The number of aliphatic carboxylic acids is 1. The zero-order valence-electron chi connectivity index (χ0n) is 8.13. The van der Waals surface area contributed by atoms with Crippen LogP contribution in [0.25, 0.3) is 6.08 Å². The van der Waals surface area contributed by atoms with Crippen molar-refractivity contribution in [1.29, 1.82) is 0 Å². The van der Waals surface area contributed by atoms with Gasteiger partial charge in [-0.25, -0.2) is 13.6 Å². The first-order valence-electron chi connectivity index (χ1n) is 4.43.